The molecule has 1 atom stereocenters. The van der Waals surface area contributed by atoms with Gasteiger partial charge in [0.2, 0.25) is 0 Å². The zero-order valence-electron chi connectivity index (χ0n) is 7.34. The third-order valence-electron chi connectivity index (χ3n) is 1.78. The van der Waals surface area contributed by atoms with E-state index in [4.69, 9.17) is 11.6 Å². The van der Waals surface area contributed by atoms with Gasteiger partial charge in [0.25, 0.3) is 0 Å². The second-order valence-corrected chi connectivity index (χ2v) is 3.19. The van der Waals surface area contributed by atoms with Gasteiger partial charge in [-0.1, -0.05) is 0 Å². The molecular formula is C10H9ClF2O. The van der Waals surface area contributed by atoms with Crippen molar-refractivity contribution in [3.8, 4) is 0 Å². The van der Waals surface area contributed by atoms with Crippen LogP contribution in [0.2, 0.25) is 0 Å². The molecule has 4 heteroatoms. The van der Waals surface area contributed by atoms with E-state index < -0.39 is 17.8 Å². The monoisotopic (exact) mass is 218 g/mol. The van der Waals surface area contributed by atoms with Gasteiger partial charge in [-0.15, -0.1) is 11.6 Å². The topological polar surface area (TPSA) is 17.1 Å². The van der Waals surface area contributed by atoms with Gasteiger partial charge in [0.1, 0.15) is 5.82 Å². The lowest BCUT2D eigenvalue weighted by Crippen LogP contribution is -2.16. The van der Waals surface area contributed by atoms with Gasteiger partial charge >= 0.3 is 0 Å². The fourth-order valence-electron chi connectivity index (χ4n) is 1.02. The Morgan fingerprint density at radius 2 is 1.93 bits per heavy atom. The lowest BCUT2D eigenvalue weighted by atomic mass is 10.1. The van der Waals surface area contributed by atoms with Gasteiger partial charge < -0.3 is 0 Å². The molecule has 1 rings (SSSR count). The summed E-state index contributed by atoms with van der Waals surface area (Å²) in [6.45, 7) is 0. The molecular weight excluding hydrogens is 210 g/mol. The SMILES string of the molecule is O=C(c1ccc(F)cc1)[C@H](F)CCCl. The summed E-state index contributed by atoms with van der Waals surface area (Å²) in [6.07, 6.45) is -1.62. The van der Waals surface area contributed by atoms with Crippen molar-refractivity contribution >= 4 is 17.4 Å². The Kier molecular flexibility index (Phi) is 4.01. The van der Waals surface area contributed by atoms with Crippen LogP contribution in [0.4, 0.5) is 8.78 Å². The van der Waals surface area contributed by atoms with E-state index in [2.05, 4.69) is 0 Å². The number of carbonyl (C=O) groups is 1. The molecule has 1 aromatic carbocycles. The van der Waals surface area contributed by atoms with Crippen LogP contribution < -0.4 is 0 Å². The molecule has 0 saturated carbocycles. The van der Waals surface area contributed by atoms with E-state index in [1.807, 2.05) is 0 Å². The van der Waals surface area contributed by atoms with Crippen LogP contribution in [0, 0.1) is 5.82 Å². The van der Waals surface area contributed by atoms with E-state index in [1.165, 1.54) is 12.1 Å². The van der Waals surface area contributed by atoms with Crippen LogP contribution in [0.1, 0.15) is 16.8 Å². The lowest BCUT2D eigenvalue weighted by molar-refractivity contribution is 0.0874. The summed E-state index contributed by atoms with van der Waals surface area (Å²) in [7, 11) is 0. The summed E-state index contributed by atoms with van der Waals surface area (Å²) in [5.41, 5.74) is 0.170. The van der Waals surface area contributed by atoms with Crippen molar-refractivity contribution < 1.29 is 13.6 Å². The number of hydrogen-bond acceptors (Lipinski definition) is 1. The van der Waals surface area contributed by atoms with Crippen LogP contribution in [-0.4, -0.2) is 17.8 Å². The number of alkyl halides is 2. The van der Waals surface area contributed by atoms with Gasteiger partial charge in [0.05, 0.1) is 0 Å². The third kappa shape index (κ3) is 2.77. The van der Waals surface area contributed by atoms with Crippen molar-refractivity contribution in [3.05, 3.63) is 35.6 Å². The summed E-state index contributed by atoms with van der Waals surface area (Å²) in [5, 5.41) is 0. The Balaban J connectivity index is 2.74. The molecule has 0 heterocycles. The minimum atomic E-state index is -1.60. The minimum absolute atomic E-state index is 0.0161. The van der Waals surface area contributed by atoms with Crippen LogP contribution in [0.5, 0.6) is 0 Å². The zero-order valence-corrected chi connectivity index (χ0v) is 8.10. The number of ketones is 1. The standard InChI is InChI=1S/C10H9ClF2O/c11-6-5-9(13)10(14)7-1-3-8(12)4-2-7/h1-4,9H,5-6H2/t9-/m1/s1. The Hall–Kier alpha value is -0.960. The molecule has 0 saturated heterocycles. The van der Waals surface area contributed by atoms with Crippen molar-refractivity contribution in [1.29, 1.82) is 0 Å². The van der Waals surface area contributed by atoms with Crippen molar-refractivity contribution in [2.75, 3.05) is 5.88 Å². The van der Waals surface area contributed by atoms with E-state index >= 15 is 0 Å². The maximum absolute atomic E-state index is 13.1. The van der Waals surface area contributed by atoms with Crippen molar-refractivity contribution in [2.24, 2.45) is 0 Å². The van der Waals surface area contributed by atoms with E-state index in [9.17, 15) is 13.6 Å². The predicted octanol–water partition coefficient (Wildman–Crippen LogP) is 2.98. The summed E-state index contributed by atoms with van der Waals surface area (Å²) in [4.78, 5) is 11.3. The van der Waals surface area contributed by atoms with Crippen LogP contribution in [0.25, 0.3) is 0 Å². The number of halogens is 3. The molecule has 0 aliphatic rings. The first-order chi connectivity index (χ1) is 6.65. The molecule has 76 valence electrons. The van der Waals surface area contributed by atoms with E-state index in [-0.39, 0.29) is 17.9 Å². The highest BCUT2D eigenvalue weighted by molar-refractivity contribution is 6.18. The molecule has 0 bridgehead atoms. The highest BCUT2D eigenvalue weighted by Crippen LogP contribution is 2.11. The number of carbonyl (C=O) groups excluding carboxylic acids is 1. The van der Waals surface area contributed by atoms with E-state index in [0.717, 1.165) is 12.1 Å². The van der Waals surface area contributed by atoms with Gasteiger partial charge in [0, 0.05) is 11.4 Å². The number of benzene rings is 1. The smallest absolute Gasteiger partial charge is 0.196 e. The van der Waals surface area contributed by atoms with Crippen LogP contribution >= 0.6 is 11.6 Å². The second kappa shape index (κ2) is 5.05. The van der Waals surface area contributed by atoms with Crippen LogP contribution in [-0.2, 0) is 0 Å². The molecule has 0 N–H and O–H groups in total. The lowest BCUT2D eigenvalue weighted by Gasteiger charge is -2.04. The second-order valence-electron chi connectivity index (χ2n) is 2.82. The Labute approximate surface area is 85.7 Å². The molecule has 0 radical (unpaired) electrons. The summed E-state index contributed by atoms with van der Waals surface area (Å²) in [5.74, 6) is -1.01. The number of hydrogen-bond donors (Lipinski definition) is 0. The Morgan fingerprint density at radius 1 is 1.36 bits per heavy atom. The minimum Gasteiger partial charge on any atom is -0.291 e. The molecule has 0 unspecified atom stereocenters. The van der Waals surface area contributed by atoms with Crippen LogP contribution in [0.15, 0.2) is 24.3 Å². The number of Topliss-reactive ketones (excluding diaryl/α,β-unsaturated/α-hetero) is 1. The Morgan fingerprint density at radius 3 is 2.43 bits per heavy atom. The summed E-state index contributed by atoms with van der Waals surface area (Å²) >= 11 is 5.30. The molecule has 0 fully saturated rings. The first-order valence-corrected chi connectivity index (χ1v) is 4.68. The van der Waals surface area contributed by atoms with Crippen molar-refractivity contribution in [1.82, 2.24) is 0 Å². The maximum atomic E-state index is 13.1. The third-order valence-corrected chi connectivity index (χ3v) is 1.99. The first kappa shape index (κ1) is 11.1. The highest BCUT2D eigenvalue weighted by Gasteiger charge is 2.18. The normalized spacial score (nSPS) is 12.5. The van der Waals surface area contributed by atoms with Gasteiger partial charge in [0.15, 0.2) is 12.0 Å². The fourth-order valence-corrected chi connectivity index (χ4v) is 1.21. The molecule has 0 aromatic heterocycles. The molecule has 14 heavy (non-hydrogen) atoms. The molecule has 0 spiro atoms. The average Bonchev–Trinajstić information content (AvgIpc) is 2.18. The first-order valence-electron chi connectivity index (χ1n) is 4.15. The zero-order chi connectivity index (χ0) is 10.6. The highest BCUT2D eigenvalue weighted by atomic mass is 35.5. The van der Waals surface area contributed by atoms with Crippen molar-refractivity contribution in [2.45, 2.75) is 12.6 Å². The molecule has 0 amide bonds. The molecule has 0 aliphatic carbocycles. The Bertz CT molecular complexity index is 310. The average molecular weight is 219 g/mol. The quantitative estimate of drug-likeness (QED) is 0.561. The van der Waals surface area contributed by atoms with Crippen molar-refractivity contribution in [3.63, 3.8) is 0 Å². The summed E-state index contributed by atoms with van der Waals surface area (Å²) in [6, 6.07) is 4.78. The predicted molar refractivity (Wildman–Crippen MR) is 51.0 cm³/mol. The van der Waals surface area contributed by atoms with Gasteiger partial charge in [-0.05, 0) is 30.7 Å². The van der Waals surface area contributed by atoms with Gasteiger partial charge in [-0.2, -0.15) is 0 Å². The molecule has 1 aromatic rings. The van der Waals surface area contributed by atoms with Gasteiger partial charge in [-0.25, -0.2) is 8.78 Å². The summed E-state index contributed by atoms with van der Waals surface area (Å²) < 4.78 is 25.5. The number of rotatable bonds is 4. The molecule has 1 nitrogen and oxygen atoms in total. The van der Waals surface area contributed by atoms with Crippen LogP contribution in [0.3, 0.4) is 0 Å². The molecule has 0 aliphatic heterocycles. The largest absolute Gasteiger partial charge is 0.291 e. The fraction of sp³-hybridized carbons (Fsp3) is 0.300. The van der Waals surface area contributed by atoms with E-state index in [0.29, 0.717) is 0 Å². The van der Waals surface area contributed by atoms with E-state index in [1.54, 1.807) is 0 Å². The van der Waals surface area contributed by atoms with Gasteiger partial charge in [-0.3, -0.25) is 4.79 Å². The maximum Gasteiger partial charge on any atom is 0.196 e.